The molecule has 2 bridgehead atoms. The molecule has 0 saturated carbocycles. The monoisotopic (exact) mass is 633 g/mol. The van der Waals surface area contributed by atoms with E-state index in [-0.39, 0.29) is 44.7 Å². The molecule has 3 saturated heterocycles. The fourth-order valence-corrected chi connectivity index (χ4v) is 3.78. The average molecular weight is 633 g/mol. The van der Waals surface area contributed by atoms with Crippen LogP contribution < -0.4 is 20.4 Å². The first-order valence-corrected chi connectivity index (χ1v) is 14.1. The Morgan fingerprint density at radius 1 is 0.477 bits per heavy atom. The number of hydrogen-bond acceptors (Lipinski definition) is 8. The topological polar surface area (TPSA) is 123 Å². The Bertz CT molecular complexity index is 1070. The molecule has 0 atom stereocenters. The van der Waals surface area contributed by atoms with Crippen molar-refractivity contribution in [3.8, 4) is 23.0 Å². The summed E-state index contributed by atoms with van der Waals surface area (Å²) in [7, 11) is -0.405. The van der Waals surface area contributed by atoms with E-state index in [0.717, 1.165) is 41.9 Å². The van der Waals surface area contributed by atoms with Gasteiger partial charge >= 0.3 is 29.0 Å². The van der Waals surface area contributed by atoms with Gasteiger partial charge in [0.15, 0.2) is 0 Å². The first-order valence-electron chi connectivity index (χ1n) is 14.1. The zero-order chi connectivity index (χ0) is 31.5. The predicted octanol–water partition coefficient (Wildman–Crippen LogP) is 3.62. The first-order chi connectivity index (χ1) is 20.6. The summed E-state index contributed by atoms with van der Waals surface area (Å²) in [6.07, 6.45) is 0. The van der Waals surface area contributed by atoms with Gasteiger partial charge in [0.05, 0.1) is 0 Å². The van der Waals surface area contributed by atoms with Gasteiger partial charge in [0.1, 0.15) is 0 Å². The van der Waals surface area contributed by atoms with Crippen LogP contribution in [0.25, 0.3) is 0 Å². The van der Waals surface area contributed by atoms with Crippen molar-refractivity contribution in [2.24, 2.45) is 0 Å². The van der Waals surface area contributed by atoms with Gasteiger partial charge in [0, 0.05) is 39.5 Å². The molecule has 0 spiro atoms. The van der Waals surface area contributed by atoms with Crippen molar-refractivity contribution >= 4 is 7.32 Å². The Balaban J connectivity index is 0.000000276. The fourth-order valence-electron chi connectivity index (χ4n) is 3.78. The summed E-state index contributed by atoms with van der Waals surface area (Å²) in [5.74, 6) is 0.352. The molecule has 4 aromatic rings. The molecule has 0 aromatic heterocycles. The van der Waals surface area contributed by atoms with Gasteiger partial charge < -0.3 is 34.4 Å². The summed E-state index contributed by atoms with van der Waals surface area (Å²) >= 11 is 0. The van der Waals surface area contributed by atoms with E-state index in [1.165, 1.54) is 0 Å². The molecule has 10 heteroatoms. The van der Waals surface area contributed by atoms with Crippen molar-refractivity contribution < 1.29 is 56.1 Å². The van der Waals surface area contributed by atoms with E-state index < -0.39 is 7.32 Å². The van der Waals surface area contributed by atoms with E-state index in [4.69, 9.17) is 14.0 Å². The zero-order valence-electron chi connectivity index (χ0n) is 25.9. The van der Waals surface area contributed by atoms with Crippen LogP contribution in [0.15, 0.2) is 97.1 Å². The quantitative estimate of drug-likeness (QED) is 0.269. The maximum atomic E-state index is 10.5. The second kappa shape index (κ2) is 22.2. The van der Waals surface area contributed by atoms with E-state index in [2.05, 4.69) is 4.90 Å². The molecule has 7 rings (SSSR count). The molecule has 3 heterocycles. The van der Waals surface area contributed by atoms with Crippen molar-refractivity contribution in [2.75, 3.05) is 39.5 Å². The molecule has 8 nitrogen and oxygen atoms in total. The molecule has 0 radical (unpaired) electrons. The largest absolute Gasteiger partial charge is 4.00 e. The number of nitrogens with zero attached hydrogens (tertiary/aromatic N) is 1. The standard InChI is InChI=1S/4C7H8O.C6H12BNO3.Ti/c4*1-6-3-2-4-7(8)5-6;1-4-9-7-10-5-2-8(1)3-6-11-7;/h4*2-5,8H,1H3;1-6H2;/q;;;;;+4/p-4. The van der Waals surface area contributed by atoms with Gasteiger partial charge in [-0.2, -0.15) is 0 Å². The van der Waals surface area contributed by atoms with Gasteiger partial charge in [-0.15, -0.1) is 23.0 Å². The Morgan fingerprint density at radius 2 is 0.727 bits per heavy atom. The van der Waals surface area contributed by atoms with Crippen LogP contribution in [0.1, 0.15) is 22.3 Å². The van der Waals surface area contributed by atoms with Crippen LogP contribution >= 0.6 is 0 Å². The maximum absolute atomic E-state index is 10.5. The SMILES string of the molecule is C1CN2CCOB(O1)OCC2.Cc1cccc([O-])c1.Cc1cccc([O-])c1.Cc1cccc([O-])c1.Cc1cccc([O-])c1.[Ti+4]. The van der Waals surface area contributed by atoms with Gasteiger partial charge in [0.25, 0.3) is 0 Å². The van der Waals surface area contributed by atoms with Crippen LogP contribution in [0.4, 0.5) is 0 Å². The van der Waals surface area contributed by atoms with Crippen molar-refractivity contribution in [3.63, 3.8) is 0 Å². The van der Waals surface area contributed by atoms with Gasteiger partial charge in [-0.25, -0.2) is 0 Å². The Kier molecular flexibility index (Phi) is 19.6. The molecule has 0 unspecified atom stereocenters. The van der Waals surface area contributed by atoms with E-state index in [0.29, 0.717) is 19.8 Å². The molecule has 0 amide bonds. The van der Waals surface area contributed by atoms with Crippen LogP contribution in [0.2, 0.25) is 0 Å². The van der Waals surface area contributed by atoms with Crippen LogP contribution in [0.3, 0.4) is 0 Å². The predicted molar refractivity (Wildman–Crippen MR) is 163 cm³/mol. The molecule has 4 aromatic carbocycles. The summed E-state index contributed by atoms with van der Waals surface area (Å²) < 4.78 is 15.8. The third-order valence-corrected chi connectivity index (χ3v) is 5.94. The van der Waals surface area contributed by atoms with E-state index >= 15 is 0 Å². The molecule has 230 valence electrons. The molecule has 0 N–H and O–H groups in total. The summed E-state index contributed by atoms with van der Waals surface area (Å²) in [5.41, 5.74) is 4.10. The van der Waals surface area contributed by atoms with E-state index in [9.17, 15) is 20.4 Å². The number of fused-ring (bicyclic) bond motifs is 6. The third kappa shape index (κ3) is 18.4. The molecule has 3 fully saturated rings. The number of aryl methyl sites for hydroxylation is 4. The summed E-state index contributed by atoms with van der Waals surface area (Å²) in [5, 5.41) is 42.0. The smallest absolute Gasteiger partial charge is 0.872 e. The first kappa shape index (κ1) is 38.7. The van der Waals surface area contributed by atoms with Crippen molar-refractivity contribution in [3.05, 3.63) is 119 Å². The van der Waals surface area contributed by atoms with Gasteiger partial charge in [-0.1, -0.05) is 119 Å². The fraction of sp³-hybridized carbons (Fsp3) is 0.294. The molecule has 3 aliphatic rings. The minimum atomic E-state index is -0.405. The Labute approximate surface area is 276 Å². The summed E-state index contributed by atoms with van der Waals surface area (Å²) in [6.45, 7) is 12.8. The van der Waals surface area contributed by atoms with Gasteiger partial charge in [0.2, 0.25) is 0 Å². The Hall–Kier alpha value is -3.30. The van der Waals surface area contributed by atoms with Gasteiger partial charge in [-0.05, 0) is 27.7 Å². The third-order valence-electron chi connectivity index (χ3n) is 5.94. The van der Waals surface area contributed by atoms with Crippen LogP contribution in [-0.2, 0) is 35.7 Å². The van der Waals surface area contributed by atoms with E-state index in [1.54, 1.807) is 72.8 Å². The molecular weight excluding hydrogens is 593 g/mol. The second-order valence-electron chi connectivity index (χ2n) is 10.0. The second-order valence-corrected chi connectivity index (χ2v) is 10.0. The minimum Gasteiger partial charge on any atom is -0.872 e. The number of benzene rings is 4. The average Bonchev–Trinajstić information content (AvgIpc) is 2.89. The number of hydrogen-bond donors (Lipinski definition) is 0. The van der Waals surface area contributed by atoms with Crippen LogP contribution in [-0.4, -0.2) is 51.7 Å². The maximum Gasteiger partial charge on any atom is 4.00 e. The minimum absolute atomic E-state index is 0. The van der Waals surface area contributed by atoms with Crippen molar-refractivity contribution in [1.29, 1.82) is 0 Å². The van der Waals surface area contributed by atoms with Crippen molar-refractivity contribution in [2.45, 2.75) is 27.7 Å². The molecular formula is C34H40BNO7Ti. The van der Waals surface area contributed by atoms with Crippen LogP contribution in [0.5, 0.6) is 23.0 Å². The number of rotatable bonds is 0. The molecule has 0 aliphatic carbocycles. The Morgan fingerprint density at radius 3 is 0.909 bits per heavy atom. The van der Waals surface area contributed by atoms with Gasteiger partial charge in [-0.3, -0.25) is 4.90 Å². The van der Waals surface area contributed by atoms with Crippen molar-refractivity contribution in [1.82, 2.24) is 4.90 Å². The van der Waals surface area contributed by atoms with E-state index in [1.807, 2.05) is 52.0 Å². The zero-order valence-corrected chi connectivity index (χ0v) is 27.4. The molecule has 44 heavy (non-hydrogen) atoms. The summed E-state index contributed by atoms with van der Waals surface area (Å²) in [4.78, 5) is 2.29. The van der Waals surface area contributed by atoms with Crippen LogP contribution in [0, 0.1) is 27.7 Å². The molecule has 3 aliphatic heterocycles. The normalized spacial score (nSPS) is 13.6. The summed E-state index contributed by atoms with van der Waals surface area (Å²) in [6, 6.07) is 27.3.